The van der Waals surface area contributed by atoms with Crippen molar-refractivity contribution >= 4 is 33.4 Å². The van der Waals surface area contributed by atoms with Gasteiger partial charge in [0, 0.05) is 26.9 Å². The Bertz CT molecular complexity index is 1300. The molecule has 1 amide bonds. The van der Waals surface area contributed by atoms with Crippen molar-refractivity contribution in [2.24, 2.45) is 0 Å². The number of nitrogens with one attached hydrogen (secondary N) is 1. The average Bonchev–Trinajstić information content (AvgIpc) is 3.25. The first kappa shape index (κ1) is 27.6. The number of hydrogen-bond acceptors (Lipinski definition) is 8. The molecule has 0 fully saturated rings. The number of thioether (sulfide) groups is 1. The third-order valence-electron chi connectivity index (χ3n) is 5.01. The molecule has 0 radical (unpaired) electrons. The fourth-order valence-corrected chi connectivity index (χ4v) is 5.04. The summed E-state index contributed by atoms with van der Waals surface area (Å²) in [6.45, 7) is 2.24. The van der Waals surface area contributed by atoms with E-state index >= 15 is 0 Å². The number of rotatable bonds is 12. The van der Waals surface area contributed by atoms with E-state index in [1.807, 2.05) is 6.92 Å². The third kappa shape index (κ3) is 6.81. The Hall–Kier alpha value is -3.00. The first-order valence-corrected chi connectivity index (χ1v) is 13.3. The summed E-state index contributed by atoms with van der Waals surface area (Å²) in [4.78, 5) is 12.7. The van der Waals surface area contributed by atoms with Gasteiger partial charge in [-0.1, -0.05) is 30.0 Å². The van der Waals surface area contributed by atoms with Crippen molar-refractivity contribution in [1.29, 1.82) is 0 Å². The van der Waals surface area contributed by atoms with Crippen molar-refractivity contribution in [2.45, 2.75) is 29.6 Å². The van der Waals surface area contributed by atoms with Gasteiger partial charge in [-0.3, -0.25) is 9.36 Å². The summed E-state index contributed by atoms with van der Waals surface area (Å²) < 4.78 is 52.4. The van der Waals surface area contributed by atoms with Crippen LogP contribution in [0.4, 0.5) is 10.1 Å². The van der Waals surface area contributed by atoms with E-state index in [0.717, 1.165) is 16.1 Å². The summed E-state index contributed by atoms with van der Waals surface area (Å²) in [6, 6.07) is 11.9. The Morgan fingerprint density at radius 1 is 1.19 bits per heavy atom. The zero-order chi connectivity index (χ0) is 26.3. The molecular weight excluding hydrogens is 509 g/mol. The maximum Gasteiger partial charge on any atom is 0.242 e. The Kier molecular flexibility index (Phi) is 9.43. The normalized spacial score (nSPS) is 12.5. The lowest BCUT2D eigenvalue weighted by molar-refractivity contribution is -0.113. The zero-order valence-corrected chi connectivity index (χ0v) is 22.0. The van der Waals surface area contributed by atoms with Crippen LogP contribution in [0.5, 0.6) is 5.75 Å². The van der Waals surface area contributed by atoms with Crippen LogP contribution in [0.2, 0.25) is 0 Å². The number of carbonyl (C=O) groups is 1. The Labute approximate surface area is 213 Å². The van der Waals surface area contributed by atoms with E-state index in [1.165, 1.54) is 38.4 Å². The molecule has 36 heavy (non-hydrogen) atoms. The molecular formula is C23H28FN5O5S2. The molecule has 1 N–H and O–H groups in total. The molecule has 1 aromatic heterocycles. The minimum Gasteiger partial charge on any atom is -0.483 e. The highest BCUT2D eigenvalue weighted by Gasteiger charge is 2.21. The van der Waals surface area contributed by atoms with Crippen molar-refractivity contribution in [3.05, 3.63) is 60.2 Å². The van der Waals surface area contributed by atoms with Crippen LogP contribution in [0.1, 0.15) is 18.8 Å². The largest absolute Gasteiger partial charge is 0.483 e. The molecule has 0 unspecified atom stereocenters. The molecule has 3 rings (SSSR count). The van der Waals surface area contributed by atoms with Crippen LogP contribution in [0.3, 0.4) is 0 Å². The van der Waals surface area contributed by atoms with Crippen LogP contribution < -0.4 is 10.1 Å². The molecule has 10 nitrogen and oxygen atoms in total. The van der Waals surface area contributed by atoms with Crippen LogP contribution in [0, 0.1) is 5.82 Å². The fourth-order valence-electron chi connectivity index (χ4n) is 3.24. The number of halogens is 1. The van der Waals surface area contributed by atoms with E-state index in [4.69, 9.17) is 9.47 Å². The SMILES string of the molecule is COC[C@@H](C)n1c(COc2ccccc2F)nnc1SCC(=O)Nc1cccc(S(=O)(=O)N(C)C)c1. The topological polar surface area (TPSA) is 116 Å². The van der Waals surface area contributed by atoms with Crippen molar-refractivity contribution in [3.63, 3.8) is 0 Å². The van der Waals surface area contributed by atoms with Crippen molar-refractivity contribution in [1.82, 2.24) is 19.1 Å². The van der Waals surface area contributed by atoms with Gasteiger partial charge in [0.15, 0.2) is 22.5 Å². The highest BCUT2D eigenvalue weighted by atomic mass is 32.2. The summed E-state index contributed by atoms with van der Waals surface area (Å²) in [6.07, 6.45) is 0. The number of aromatic nitrogens is 3. The van der Waals surface area contributed by atoms with Gasteiger partial charge in [-0.05, 0) is 37.3 Å². The summed E-state index contributed by atoms with van der Waals surface area (Å²) in [5.41, 5.74) is 0.358. The van der Waals surface area contributed by atoms with Crippen molar-refractivity contribution in [2.75, 3.05) is 38.9 Å². The minimum atomic E-state index is -3.63. The van der Waals surface area contributed by atoms with Gasteiger partial charge in [-0.2, -0.15) is 0 Å². The second kappa shape index (κ2) is 12.3. The minimum absolute atomic E-state index is 0.00331. The molecule has 3 aromatic rings. The van der Waals surface area contributed by atoms with Crippen LogP contribution in [-0.2, 0) is 26.2 Å². The lowest BCUT2D eigenvalue weighted by Gasteiger charge is -2.17. The van der Waals surface area contributed by atoms with Gasteiger partial charge < -0.3 is 14.8 Å². The van der Waals surface area contributed by atoms with Gasteiger partial charge >= 0.3 is 0 Å². The molecule has 194 valence electrons. The standard InChI is InChI=1S/C23H28FN5O5S2/c1-16(13-33-4)29-21(14-34-20-11-6-5-10-19(20)24)26-27-23(29)35-15-22(30)25-17-8-7-9-18(12-17)36(31,32)28(2)3/h5-12,16H,13-15H2,1-4H3,(H,25,30)/t16-/m1/s1. The number of benzene rings is 2. The van der Waals surface area contributed by atoms with E-state index in [0.29, 0.717) is 23.3 Å². The molecule has 0 aliphatic heterocycles. The van der Waals surface area contributed by atoms with Gasteiger partial charge in [-0.25, -0.2) is 17.1 Å². The number of hydrogen-bond donors (Lipinski definition) is 1. The highest BCUT2D eigenvalue weighted by Crippen LogP contribution is 2.25. The van der Waals surface area contributed by atoms with Gasteiger partial charge in [0.25, 0.3) is 0 Å². The average molecular weight is 538 g/mol. The lowest BCUT2D eigenvalue weighted by atomic mass is 10.3. The fraction of sp³-hybridized carbons (Fsp3) is 0.348. The number of methoxy groups -OCH3 is 1. The summed E-state index contributed by atoms with van der Waals surface area (Å²) >= 11 is 1.15. The van der Waals surface area contributed by atoms with Crippen LogP contribution in [0.25, 0.3) is 0 Å². The Morgan fingerprint density at radius 2 is 1.94 bits per heavy atom. The summed E-state index contributed by atoms with van der Waals surface area (Å²) in [7, 11) is 0.818. The van der Waals surface area contributed by atoms with E-state index in [9.17, 15) is 17.6 Å². The van der Waals surface area contributed by atoms with Gasteiger partial charge in [0.2, 0.25) is 15.9 Å². The maximum absolute atomic E-state index is 13.9. The molecule has 0 saturated carbocycles. The quantitative estimate of drug-likeness (QED) is 0.350. The molecule has 2 aromatic carbocycles. The number of ether oxygens (including phenoxy) is 2. The third-order valence-corrected chi connectivity index (χ3v) is 7.76. The van der Waals surface area contributed by atoms with Crippen molar-refractivity contribution in [3.8, 4) is 5.75 Å². The van der Waals surface area contributed by atoms with Crippen LogP contribution >= 0.6 is 11.8 Å². The summed E-state index contributed by atoms with van der Waals surface area (Å²) in [5, 5.41) is 11.5. The molecule has 0 aliphatic rings. The van der Waals surface area contributed by atoms with Gasteiger partial charge in [0.1, 0.15) is 6.61 Å². The number of anilines is 1. The predicted octanol–water partition coefficient (Wildman–Crippen LogP) is 3.18. The highest BCUT2D eigenvalue weighted by molar-refractivity contribution is 7.99. The molecule has 0 bridgehead atoms. The summed E-state index contributed by atoms with van der Waals surface area (Å²) in [5.74, 6) is -0.290. The van der Waals surface area contributed by atoms with E-state index in [2.05, 4.69) is 15.5 Å². The number of nitrogens with zero attached hydrogens (tertiary/aromatic N) is 4. The Morgan fingerprint density at radius 3 is 2.64 bits per heavy atom. The molecule has 1 atom stereocenters. The van der Waals surface area contributed by atoms with Crippen molar-refractivity contribution < 1.29 is 27.1 Å². The van der Waals surface area contributed by atoms with Gasteiger partial charge in [0.05, 0.1) is 23.3 Å². The number of amides is 1. The second-order valence-corrected chi connectivity index (χ2v) is 11.0. The molecule has 0 spiro atoms. The van der Waals surface area contributed by atoms with E-state index in [-0.39, 0.29) is 35.0 Å². The van der Waals surface area contributed by atoms with E-state index in [1.54, 1.807) is 35.9 Å². The van der Waals surface area contributed by atoms with Crippen LogP contribution in [-0.4, -0.2) is 67.0 Å². The maximum atomic E-state index is 13.9. The monoisotopic (exact) mass is 537 g/mol. The molecule has 1 heterocycles. The Balaban J connectivity index is 1.70. The van der Waals surface area contributed by atoms with E-state index < -0.39 is 15.8 Å². The predicted molar refractivity (Wildman–Crippen MR) is 134 cm³/mol. The smallest absolute Gasteiger partial charge is 0.242 e. The lowest BCUT2D eigenvalue weighted by Crippen LogP contribution is -2.22. The number of para-hydroxylation sites is 1. The number of carbonyl (C=O) groups excluding carboxylic acids is 1. The van der Waals surface area contributed by atoms with Crippen LogP contribution in [0.15, 0.2) is 58.6 Å². The molecule has 0 aliphatic carbocycles. The number of sulfonamides is 1. The van der Waals surface area contributed by atoms with Gasteiger partial charge in [-0.15, -0.1) is 10.2 Å². The second-order valence-electron chi connectivity index (χ2n) is 7.94. The first-order valence-electron chi connectivity index (χ1n) is 10.9. The molecule has 0 saturated heterocycles. The zero-order valence-electron chi connectivity index (χ0n) is 20.3. The molecule has 13 heteroatoms. The first-order chi connectivity index (χ1) is 17.1.